The van der Waals surface area contributed by atoms with Crippen LogP contribution in [0, 0.1) is 0 Å². The van der Waals surface area contributed by atoms with E-state index in [1.54, 1.807) is 11.3 Å². The standard InChI is InChI=1S/C15H16BrNOS/c16-12-4-1-3-11(7-12)15-8-14(10-19-15)17-13-5-2-6-18-9-13/h1,3-4,7-8,10,13,17H,2,5-6,9H2. The molecule has 1 aromatic heterocycles. The van der Waals surface area contributed by atoms with Gasteiger partial charge in [-0.15, -0.1) is 11.3 Å². The highest BCUT2D eigenvalue weighted by atomic mass is 79.9. The fourth-order valence-electron chi connectivity index (χ4n) is 2.30. The summed E-state index contributed by atoms with van der Waals surface area (Å²) in [4.78, 5) is 1.29. The smallest absolute Gasteiger partial charge is 0.0667 e. The highest BCUT2D eigenvalue weighted by molar-refractivity contribution is 9.10. The SMILES string of the molecule is Brc1cccc(-c2cc(NC3CCCOC3)cs2)c1. The van der Waals surface area contributed by atoms with Crippen molar-refractivity contribution >= 4 is 33.0 Å². The maximum atomic E-state index is 5.50. The summed E-state index contributed by atoms with van der Waals surface area (Å²) in [6.45, 7) is 1.73. The van der Waals surface area contributed by atoms with Crippen LogP contribution in [-0.2, 0) is 4.74 Å². The second-order valence-electron chi connectivity index (χ2n) is 4.77. The molecule has 2 heterocycles. The van der Waals surface area contributed by atoms with E-state index in [4.69, 9.17) is 4.74 Å². The zero-order valence-electron chi connectivity index (χ0n) is 10.6. The summed E-state index contributed by atoms with van der Waals surface area (Å²) in [7, 11) is 0. The summed E-state index contributed by atoms with van der Waals surface area (Å²) >= 11 is 5.29. The second kappa shape index (κ2) is 6.07. The number of anilines is 1. The zero-order valence-corrected chi connectivity index (χ0v) is 13.0. The molecule has 1 fully saturated rings. The molecular weight excluding hydrogens is 322 g/mol. The highest BCUT2D eigenvalue weighted by Crippen LogP contribution is 2.31. The van der Waals surface area contributed by atoms with Gasteiger partial charge >= 0.3 is 0 Å². The lowest BCUT2D eigenvalue weighted by molar-refractivity contribution is 0.0876. The third-order valence-electron chi connectivity index (χ3n) is 3.24. The van der Waals surface area contributed by atoms with E-state index in [1.165, 1.54) is 22.5 Å². The Balaban J connectivity index is 1.72. The molecule has 0 amide bonds. The van der Waals surface area contributed by atoms with Crippen LogP contribution in [-0.4, -0.2) is 19.3 Å². The Bertz CT molecular complexity index is 549. The van der Waals surface area contributed by atoms with Crippen molar-refractivity contribution in [3.05, 3.63) is 40.2 Å². The Morgan fingerprint density at radius 3 is 3.05 bits per heavy atom. The van der Waals surface area contributed by atoms with E-state index in [2.05, 4.69) is 57.0 Å². The molecule has 0 radical (unpaired) electrons. The summed E-state index contributed by atoms with van der Waals surface area (Å²) in [5.74, 6) is 0. The number of hydrogen-bond acceptors (Lipinski definition) is 3. The lowest BCUT2D eigenvalue weighted by Gasteiger charge is -2.23. The van der Waals surface area contributed by atoms with Crippen molar-refractivity contribution < 1.29 is 4.74 Å². The third kappa shape index (κ3) is 3.38. The van der Waals surface area contributed by atoms with Crippen molar-refractivity contribution in [2.75, 3.05) is 18.5 Å². The van der Waals surface area contributed by atoms with Gasteiger partial charge in [0, 0.05) is 33.1 Å². The second-order valence-corrected chi connectivity index (χ2v) is 6.60. The summed E-state index contributed by atoms with van der Waals surface area (Å²) in [6, 6.07) is 11.1. The molecule has 0 saturated carbocycles. The molecule has 1 aromatic carbocycles. The van der Waals surface area contributed by atoms with Crippen LogP contribution in [0.15, 0.2) is 40.2 Å². The van der Waals surface area contributed by atoms with Crippen LogP contribution < -0.4 is 5.32 Å². The molecular formula is C15H16BrNOS. The first-order valence-corrected chi connectivity index (χ1v) is 8.17. The van der Waals surface area contributed by atoms with Crippen molar-refractivity contribution in [2.45, 2.75) is 18.9 Å². The molecule has 2 nitrogen and oxygen atoms in total. The van der Waals surface area contributed by atoms with Crippen LogP contribution in [0.2, 0.25) is 0 Å². The fourth-order valence-corrected chi connectivity index (χ4v) is 3.54. The third-order valence-corrected chi connectivity index (χ3v) is 4.71. The summed E-state index contributed by atoms with van der Waals surface area (Å²) in [6.07, 6.45) is 2.35. The Morgan fingerprint density at radius 2 is 2.26 bits per heavy atom. The van der Waals surface area contributed by atoms with Gasteiger partial charge in [-0.25, -0.2) is 0 Å². The number of thiophene rings is 1. The topological polar surface area (TPSA) is 21.3 Å². The summed E-state index contributed by atoms with van der Waals surface area (Å²) in [5.41, 5.74) is 2.46. The van der Waals surface area contributed by atoms with Gasteiger partial charge in [-0.1, -0.05) is 28.1 Å². The molecule has 0 bridgehead atoms. The van der Waals surface area contributed by atoms with Gasteiger partial charge in [0.1, 0.15) is 0 Å². The normalized spacial score (nSPS) is 19.3. The average Bonchev–Trinajstić information content (AvgIpc) is 2.88. The van der Waals surface area contributed by atoms with Crippen molar-refractivity contribution in [1.82, 2.24) is 0 Å². The molecule has 4 heteroatoms. The van der Waals surface area contributed by atoms with Crippen LogP contribution in [0.4, 0.5) is 5.69 Å². The monoisotopic (exact) mass is 337 g/mol. The van der Waals surface area contributed by atoms with E-state index < -0.39 is 0 Å². The van der Waals surface area contributed by atoms with Crippen molar-refractivity contribution in [1.29, 1.82) is 0 Å². The average molecular weight is 338 g/mol. The first-order valence-electron chi connectivity index (χ1n) is 6.50. The lowest BCUT2D eigenvalue weighted by atomic mass is 10.1. The van der Waals surface area contributed by atoms with E-state index in [0.717, 1.165) is 24.1 Å². The first-order chi connectivity index (χ1) is 9.31. The Morgan fingerprint density at radius 1 is 1.32 bits per heavy atom. The molecule has 19 heavy (non-hydrogen) atoms. The van der Waals surface area contributed by atoms with E-state index >= 15 is 0 Å². The summed E-state index contributed by atoms with van der Waals surface area (Å²) < 4.78 is 6.62. The van der Waals surface area contributed by atoms with Crippen molar-refractivity contribution in [3.8, 4) is 10.4 Å². The van der Waals surface area contributed by atoms with Gasteiger partial charge in [-0.2, -0.15) is 0 Å². The van der Waals surface area contributed by atoms with Gasteiger partial charge in [-0.3, -0.25) is 0 Å². The van der Waals surface area contributed by atoms with Crippen LogP contribution in [0.1, 0.15) is 12.8 Å². The first kappa shape index (κ1) is 13.2. The molecule has 1 atom stereocenters. The van der Waals surface area contributed by atoms with Crippen molar-refractivity contribution in [3.63, 3.8) is 0 Å². The van der Waals surface area contributed by atoms with Crippen molar-refractivity contribution in [2.24, 2.45) is 0 Å². The molecule has 100 valence electrons. The number of halogens is 1. The molecule has 1 aliphatic heterocycles. The van der Waals surface area contributed by atoms with Crippen LogP contribution >= 0.6 is 27.3 Å². The molecule has 2 aromatic rings. The molecule has 1 N–H and O–H groups in total. The Kier molecular flexibility index (Phi) is 4.21. The van der Waals surface area contributed by atoms with Gasteiger partial charge in [0.25, 0.3) is 0 Å². The molecule has 0 aliphatic carbocycles. The fraction of sp³-hybridized carbons (Fsp3) is 0.333. The molecule has 1 saturated heterocycles. The number of nitrogens with one attached hydrogen (secondary N) is 1. The number of benzene rings is 1. The van der Waals surface area contributed by atoms with Gasteiger partial charge in [0.2, 0.25) is 0 Å². The molecule has 0 spiro atoms. The predicted molar refractivity (Wildman–Crippen MR) is 84.9 cm³/mol. The maximum Gasteiger partial charge on any atom is 0.0667 e. The van der Waals surface area contributed by atoms with Gasteiger partial charge in [0.05, 0.1) is 6.61 Å². The van der Waals surface area contributed by atoms with Crippen LogP contribution in [0.3, 0.4) is 0 Å². The minimum atomic E-state index is 0.457. The molecule has 1 unspecified atom stereocenters. The van der Waals surface area contributed by atoms with Gasteiger partial charge in [-0.05, 0) is 36.6 Å². The van der Waals surface area contributed by atoms with Crippen LogP contribution in [0.25, 0.3) is 10.4 Å². The van der Waals surface area contributed by atoms with E-state index in [9.17, 15) is 0 Å². The van der Waals surface area contributed by atoms with E-state index in [1.807, 2.05) is 0 Å². The minimum Gasteiger partial charge on any atom is -0.379 e. The van der Waals surface area contributed by atoms with E-state index in [-0.39, 0.29) is 0 Å². The maximum absolute atomic E-state index is 5.50. The number of ether oxygens (including phenoxy) is 1. The largest absolute Gasteiger partial charge is 0.379 e. The Hall–Kier alpha value is -0.840. The quantitative estimate of drug-likeness (QED) is 0.871. The molecule has 1 aliphatic rings. The van der Waals surface area contributed by atoms with Gasteiger partial charge in [0.15, 0.2) is 0 Å². The lowest BCUT2D eigenvalue weighted by Crippen LogP contribution is -2.29. The van der Waals surface area contributed by atoms with Gasteiger partial charge < -0.3 is 10.1 Å². The summed E-state index contributed by atoms with van der Waals surface area (Å²) in [5, 5.41) is 5.74. The highest BCUT2D eigenvalue weighted by Gasteiger charge is 2.14. The van der Waals surface area contributed by atoms with Crippen LogP contribution in [0.5, 0.6) is 0 Å². The zero-order chi connectivity index (χ0) is 13.1. The Labute approximate surface area is 125 Å². The number of rotatable bonds is 3. The van der Waals surface area contributed by atoms with E-state index in [0.29, 0.717) is 6.04 Å². The predicted octanol–water partition coefficient (Wildman–Crippen LogP) is 4.77. The minimum absolute atomic E-state index is 0.457. The molecule has 3 rings (SSSR count). The number of hydrogen-bond donors (Lipinski definition) is 1.